The number of halogens is 1. The minimum atomic E-state index is -3.90. The van der Waals surface area contributed by atoms with Crippen molar-refractivity contribution in [1.82, 2.24) is 0 Å². The van der Waals surface area contributed by atoms with E-state index in [1.807, 2.05) is 6.92 Å². The fraction of sp³-hybridized carbons (Fsp3) is 0.143. The Balaban J connectivity index is 2.44. The monoisotopic (exact) mass is 384 g/mol. The Kier molecular flexibility index (Phi) is 4.52. The molecule has 116 valence electrons. The summed E-state index contributed by atoms with van der Waals surface area (Å²) in [6.45, 7) is 3.42. The first-order chi connectivity index (χ1) is 10.2. The van der Waals surface area contributed by atoms with Crippen LogP contribution in [0.15, 0.2) is 45.8 Å². The number of rotatable bonds is 4. The van der Waals surface area contributed by atoms with Gasteiger partial charge in [0, 0.05) is 22.3 Å². The first-order valence-corrected chi connectivity index (χ1v) is 8.52. The fourth-order valence-corrected chi connectivity index (χ4v) is 3.47. The number of nitro benzene ring substituents is 1. The van der Waals surface area contributed by atoms with Gasteiger partial charge in [-0.1, -0.05) is 22.0 Å². The second kappa shape index (κ2) is 6.05. The molecule has 0 heterocycles. The second-order valence-corrected chi connectivity index (χ2v) is 7.28. The van der Waals surface area contributed by atoms with Crippen molar-refractivity contribution in [2.75, 3.05) is 4.72 Å². The van der Waals surface area contributed by atoms with Crippen molar-refractivity contribution in [3.8, 4) is 0 Å². The molecule has 0 saturated carbocycles. The largest absolute Gasteiger partial charge is 0.280 e. The Morgan fingerprint density at radius 1 is 1.09 bits per heavy atom. The van der Waals surface area contributed by atoms with Gasteiger partial charge in [-0.15, -0.1) is 0 Å². The molecule has 0 aliphatic carbocycles. The summed E-state index contributed by atoms with van der Waals surface area (Å²) < 4.78 is 28.2. The van der Waals surface area contributed by atoms with Crippen molar-refractivity contribution in [2.45, 2.75) is 18.7 Å². The lowest BCUT2D eigenvalue weighted by atomic mass is 10.2. The molecule has 0 saturated heterocycles. The first-order valence-electron chi connectivity index (χ1n) is 6.25. The highest BCUT2D eigenvalue weighted by atomic mass is 79.9. The zero-order chi connectivity index (χ0) is 16.5. The number of hydrogen-bond donors (Lipinski definition) is 1. The maximum absolute atomic E-state index is 12.4. The van der Waals surface area contributed by atoms with Gasteiger partial charge >= 0.3 is 0 Å². The minimum absolute atomic E-state index is 0.109. The van der Waals surface area contributed by atoms with Gasteiger partial charge in [-0.3, -0.25) is 14.8 Å². The molecule has 0 aromatic heterocycles. The maximum atomic E-state index is 12.4. The van der Waals surface area contributed by atoms with Gasteiger partial charge in [0.2, 0.25) is 0 Å². The van der Waals surface area contributed by atoms with Crippen LogP contribution in [0.3, 0.4) is 0 Å². The summed E-state index contributed by atoms with van der Waals surface area (Å²) in [4.78, 5) is 10.1. The van der Waals surface area contributed by atoms with E-state index in [0.717, 1.165) is 16.1 Å². The summed E-state index contributed by atoms with van der Waals surface area (Å²) in [5, 5.41) is 10.8. The lowest BCUT2D eigenvalue weighted by Gasteiger charge is -2.11. The van der Waals surface area contributed by atoms with E-state index in [2.05, 4.69) is 20.7 Å². The third-order valence-corrected chi connectivity index (χ3v) is 5.50. The highest BCUT2D eigenvalue weighted by Crippen LogP contribution is 2.26. The minimum Gasteiger partial charge on any atom is -0.280 e. The number of anilines is 1. The molecule has 0 spiro atoms. The van der Waals surface area contributed by atoms with Gasteiger partial charge in [0.1, 0.15) is 0 Å². The fourth-order valence-electron chi connectivity index (χ4n) is 1.91. The molecular weight excluding hydrogens is 372 g/mol. The molecule has 0 unspecified atom stereocenters. The summed E-state index contributed by atoms with van der Waals surface area (Å²) in [6.07, 6.45) is 0. The molecule has 0 aliphatic heterocycles. The van der Waals surface area contributed by atoms with Crippen molar-refractivity contribution in [2.24, 2.45) is 0 Å². The van der Waals surface area contributed by atoms with Crippen molar-refractivity contribution in [3.05, 3.63) is 62.1 Å². The summed E-state index contributed by atoms with van der Waals surface area (Å²) in [7, 11) is -3.90. The normalized spacial score (nSPS) is 11.2. The summed E-state index contributed by atoms with van der Waals surface area (Å²) in [5.74, 6) is 0. The standard InChI is InChI=1S/C14H13BrN2O4S/c1-9-3-5-12(17(18)19)8-14(9)22(20,21)16-11-4-6-13(15)10(2)7-11/h3-8,16H,1-2H3. The highest BCUT2D eigenvalue weighted by Gasteiger charge is 2.20. The van der Waals surface area contributed by atoms with Crippen molar-refractivity contribution in [3.63, 3.8) is 0 Å². The molecule has 0 bridgehead atoms. The predicted octanol–water partition coefficient (Wildman–Crippen LogP) is 3.77. The number of hydrogen-bond acceptors (Lipinski definition) is 4. The van der Waals surface area contributed by atoms with E-state index in [9.17, 15) is 18.5 Å². The third-order valence-electron chi connectivity index (χ3n) is 3.08. The van der Waals surface area contributed by atoms with Gasteiger partial charge in [0.25, 0.3) is 15.7 Å². The smallest absolute Gasteiger partial charge is 0.270 e. The molecule has 2 aromatic rings. The molecule has 0 atom stereocenters. The molecule has 0 radical (unpaired) electrons. The van der Waals surface area contributed by atoms with Crippen LogP contribution in [0.4, 0.5) is 11.4 Å². The van der Waals surface area contributed by atoms with Gasteiger partial charge in [-0.05, 0) is 43.2 Å². The van der Waals surface area contributed by atoms with E-state index in [4.69, 9.17) is 0 Å². The summed E-state index contributed by atoms with van der Waals surface area (Å²) in [5.41, 5.74) is 1.44. The number of non-ortho nitro benzene ring substituents is 1. The lowest BCUT2D eigenvalue weighted by Crippen LogP contribution is -2.14. The molecule has 8 heteroatoms. The van der Waals surface area contributed by atoms with Crippen LogP contribution in [0.25, 0.3) is 0 Å². The molecule has 6 nitrogen and oxygen atoms in total. The maximum Gasteiger partial charge on any atom is 0.270 e. The van der Waals surface area contributed by atoms with Crippen molar-refractivity contribution < 1.29 is 13.3 Å². The third kappa shape index (κ3) is 3.45. The first kappa shape index (κ1) is 16.4. The van der Waals surface area contributed by atoms with Crippen LogP contribution < -0.4 is 4.72 Å². The summed E-state index contributed by atoms with van der Waals surface area (Å²) >= 11 is 3.34. The van der Waals surface area contributed by atoms with E-state index in [1.54, 1.807) is 25.1 Å². The number of benzene rings is 2. The van der Waals surface area contributed by atoms with E-state index in [0.29, 0.717) is 11.3 Å². The Labute approximate surface area is 136 Å². The van der Waals surface area contributed by atoms with Crippen molar-refractivity contribution >= 4 is 37.3 Å². The van der Waals surface area contributed by atoms with E-state index in [-0.39, 0.29) is 10.6 Å². The van der Waals surface area contributed by atoms with Crippen LogP contribution >= 0.6 is 15.9 Å². The Bertz CT molecular complexity index is 850. The molecule has 0 amide bonds. The van der Waals surface area contributed by atoms with Gasteiger partial charge < -0.3 is 0 Å². The molecule has 0 aliphatic rings. The molecule has 2 aromatic carbocycles. The van der Waals surface area contributed by atoms with Gasteiger partial charge in [0.15, 0.2) is 0 Å². The number of sulfonamides is 1. The Morgan fingerprint density at radius 3 is 2.36 bits per heavy atom. The average molecular weight is 385 g/mol. The predicted molar refractivity (Wildman–Crippen MR) is 87.5 cm³/mol. The number of nitrogens with zero attached hydrogens (tertiary/aromatic N) is 1. The average Bonchev–Trinajstić information content (AvgIpc) is 2.42. The van der Waals surface area contributed by atoms with Crippen LogP contribution in [-0.4, -0.2) is 13.3 Å². The van der Waals surface area contributed by atoms with Gasteiger partial charge in [-0.25, -0.2) is 8.42 Å². The molecule has 2 rings (SSSR count). The topological polar surface area (TPSA) is 89.3 Å². The zero-order valence-electron chi connectivity index (χ0n) is 11.8. The quantitative estimate of drug-likeness (QED) is 0.641. The van der Waals surface area contributed by atoms with Crippen LogP contribution in [0.1, 0.15) is 11.1 Å². The van der Waals surface area contributed by atoms with Crippen LogP contribution in [0.2, 0.25) is 0 Å². The zero-order valence-corrected chi connectivity index (χ0v) is 14.2. The van der Waals surface area contributed by atoms with Crippen LogP contribution in [0, 0.1) is 24.0 Å². The Morgan fingerprint density at radius 2 is 1.77 bits per heavy atom. The Hall–Kier alpha value is -1.93. The molecular formula is C14H13BrN2O4S. The van der Waals surface area contributed by atoms with Gasteiger partial charge in [0.05, 0.1) is 9.82 Å². The summed E-state index contributed by atoms with van der Waals surface area (Å²) in [6, 6.07) is 8.77. The lowest BCUT2D eigenvalue weighted by molar-refractivity contribution is -0.385. The van der Waals surface area contributed by atoms with E-state index in [1.165, 1.54) is 12.1 Å². The highest BCUT2D eigenvalue weighted by molar-refractivity contribution is 9.10. The van der Waals surface area contributed by atoms with Crippen LogP contribution in [-0.2, 0) is 10.0 Å². The molecule has 0 fully saturated rings. The number of nitrogens with one attached hydrogen (secondary N) is 1. The number of nitro groups is 1. The second-order valence-electron chi connectivity index (χ2n) is 4.78. The van der Waals surface area contributed by atoms with E-state index >= 15 is 0 Å². The van der Waals surface area contributed by atoms with E-state index < -0.39 is 14.9 Å². The van der Waals surface area contributed by atoms with Crippen molar-refractivity contribution in [1.29, 1.82) is 0 Å². The SMILES string of the molecule is Cc1cc(NS(=O)(=O)c2cc([N+](=O)[O-])ccc2C)ccc1Br. The van der Waals surface area contributed by atoms with Crippen LogP contribution in [0.5, 0.6) is 0 Å². The number of aryl methyl sites for hydroxylation is 2. The molecule has 22 heavy (non-hydrogen) atoms. The molecule has 1 N–H and O–H groups in total. The van der Waals surface area contributed by atoms with Gasteiger partial charge in [-0.2, -0.15) is 0 Å².